The molecule has 0 aliphatic carbocycles. The molecule has 0 fully saturated rings. The van der Waals surface area contributed by atoms with Gasteiger partial charge < -0.3 is 26.0 Å². The highest BCUT2D eigenvalue weighted by Crippen LogP contribution is 2.20. The Hall–Kier alpha value is -1.79. The van der Waals surface area contributed by atoms with E-state index in [0.717, 1.165) is 0 Å². The van der Waals surface area contributed by atoms with E-state index in [1.165, 1.54) is 20.1 Å². The van der Waals surface area contributed by atoms with E-state index in [1.54, 1.807) is 12.1 Å². The molecular formula is C12H18N2O4. The quantitative estimate of drug-likeness (QED) is 0.542. The standard InChI is InChI=1S/C12H18N2O4/c1-12(6-15,7-16)14-11(17)9-5-8(18-2)3-4-10(9)13/h3-5,15-16H,6-7,13H2,1-2H3,(H,14,17). The molecular weight excluding hydrogens is 236 g/mol. The van der Waals surface area contributed by atoms with Crippen molar-refractivity contribution in [2.45, 2.75) is 12.5 Å². The number of nitrogens with two attached hydrogens (primary N) is 1. The van der Waals surface area contributed by atoms with Crippen molar-refractivity contribution in [1.82, 2.24) is 5.32 Å². The van der Waals surface area contributed by atoms with Crippen LogP contribution in [-0.4, -0.2) is 42.0 Å². The summed E-state index contributed by atoms with van der Waals surface area (Å²) in [5.41, 5.74) is 5.15. The van der Waals surface area contributed by atoms with Gasteiger partial charge in [-0.25, -0.2) is 0 Å². The Labute approximate surface area is 105 Å². The number of ether oxygens (including phenoxy) is 1. The Balaban J connectivity index is 2.97. The van der Waals surface area contributed by atoms with Crippen LogP contribution < -0.4 is 15.8 Å². The molecule has 1 aromatic rings. The van der Waals surface area contributed by atoms with E-state index in [-0.39, 0.29) is 18.8 Å². The van der Waals surface area contributed by atoms with E-state index < -0.39 is 11.4 Å². The molecule has 0 aliphatic heterocycles. The first-order valence-electron chi connectivity index (χ1n) is 5.43. The second-order valence-corrected chi connectivity index (χ2v) is 4.28. The van der Waals surface area contributed by atoms with E-state index in [4.69, 9.17) is 20.7 Å². The van der Waals surface area contributed by atoms with E-state index in [9.17, 15) is 4.79 Å². The lowest BCUT2D eigenvalue weighted by Gasteiger charge is -2.26. The van der Waals surface area contributed by atoms with Gasteiger partial charge in [0.2, 0.25) is 0 Å². The van der Waals surface area contributed by atoms with Gasteiger partial charge in [0, 0.05) is 5.69 Å². The molecule has 18 heavy (non-hydrogen) atoms. The van der Waals surface area contributed by atoms with Gasteiger partial charge in [0.25, 0.3) is 5.91 Å². The fraction of sp³-hybridized carbons (Fsp3) is 0.417. The normalized spacial score (nSPS) is 11.1. The number of amides is 1. The molecule has 1 amide bonds. The van der Waals surface area contributed by atoms with E-state index >= 15 is 0 Å². The van der Waals surface area contributed by atoms with Crippen LogP contribution in [0.25, 0.3) is 0 Å². The number of carbonyl (C=O) groups is 1. The summed E-state index contributed by atoms with van der Waals surface area (Å²) in [6, 6.07) is 4.70. The summed E-state index contributed by atoms with van der Waals surface area (Å²) in [6.07, 6.45) is 0. The number of hydrogen-bond donors (Lipinski definition) is 4. The number of nitrogens with one attached hydrogen (secondary N) is 1. The van der Waals surface area contributed by atoms with Gasteiger partial charge in [0.1, 0.15) is 5.75 Å². The zero-order valence-corrected chi connectivity index (χ0v) is 10.4. The third-order valence-electron chi connectivity index (χ3n) is 2.62. The minimum Gasteiger partial charge on any atom is -0.497 e. The number of methoxy groups -OCH3 is 1. The predicted molar refractivity (Wildman–Crippen MR) is 67.4 cm³/mol. The van der Waals surface area contributed by atoms with Crippen molar-refractivity contribution >= 4 is 11.6 Å². The van der Waals surface area contributed by atoms with Crippen LogP contribution in [0.5, 0.6) is 5.75 Å². The number of anilines is 1. The predicted octanol–water partition coefficient (Wildman–Crippen LogP) is -0.250. The van der Waals surface area contributed by atoms with E-state index in [0.29, 0.717) is 11.4 Å². The number of carbonyl (C=O) groups excluding carboxylic acids is 1. The topological polar surface area (TPSA) is 105 Å². The monoisotopic (exact) mass is 254 g/mol. The highest BCUT2D eigenvalue weighted by atomic mass is 16.5. The summed E-state index contributed by atoms with van der Waals surface area (Å²) in [7, 11) is 1.48. The first-order valence-corrected chi connectivity index (χ1v) is 5.43. The summed E-state index contributed by atoms with van der Waals surface area (Å²) in [5, 5.41) is 20.8. The number of aliphatic hydroxyl groups excluding tert-OH is 2. The molecule has 0 heterocycles. The Morgan fingerprint density at radius 3 is 2.56 bits per heavy atom. The zero-order chi connectivity index (χ0) is 13.8. The van der Waals surface area contributed by atoms with Crippen LogP contribution >= 0.6 is 0 Å². The SMILES string of the molecule is COc1ccc(N)c(C(=O)NC(C)(CO)CO)c1. The van der Waals surface area contributed by atoms with Gasteiger partial charge in [-0.15, -0.1) is 0 Å². The van der Waals surface area contributed by atoms with Crippen LogP contribution in [0, 0.1) is 0 Å². The van der Waals surface area contributed by atoms with Crippen molar-refractivity contribution in [2.24, 2.45) is 0 Å². The van der Waals surface area contributed by atoms with E-state index in [2.05, 4.69) is 5.32 Å². The zero-order valence-electron chi connectivity index (χ0n) is 10.4. The van der Waals surface area contributed by atoms with Crippen LogP contribution in [0.15, 0.2) is 18.2 Å². The molecule has 0 saturated heterocycles. The molecule has 0 bridgehead atoms. The van der Waals surface area contributed by atoms with Crippen LogP contribution in [0.1, 0.15) is 17.3 Å². The maximum atomic E-state index is 12.0. The molecule has 5 N–H and O–H groups in total. The van der Waals surface area contributed by atoms with Crippen LogP contribution in [0.4, 0.5) is 5.69 Å². The first kappa shape index (κ1) is 14.3. The first-order chi connectivity index (χ1) is 8.45. The van der Waals surface area contributed by atoms with Gasteiger partial charge in [-0.1, -0.05) is 0 Å². The van der Waals surface area contributed by atoms with Gasteiger partial charge in [0.15, 0.2) is 0 Å². The fourth-order valence-electron chi connectivity index (χ4n) is 1.33. The molecule has 100 valence electrons. The maximum absolute atomic E-state index is 12.0. The minimum absolute atomic E-state index is 0.238. The summed E-state index contributed by atoms with van der Waals surface area (Å²) >= 11 is 0. The lowest BCUT2D eigenvalue weighted by Crippen LogP contribution is -2.51. The molecule has 1 rings (SSSR count). The molecule has 0 atom stereocenters. The van der Waals surface area contributed by atoms with Gasteiger partial charge in [-0.2, -0.15) is 0 Å². The second kappa shape index (κ2) is 5.70. The van der Waals surface area contributed by atoms with E-state index in [1.807, 2.05) is 0 Å². The highest BCUT2D eigenvalue weighted by molar-refractivity contribution is 6.00. The minimum atomic E-state index is -1.09. The van der Waals surface area contributed by atoms with Crippen LogP contribution in [0.2, 0.25) is 0 Å². The number of benzene rings is 1. The van der Waals surface area contributed by atoms with Crippen molar-refractivity contribution in [3.05, 3.63) is 23.8 Å². The Kier molecular flexibility index (Phi) is 4.52. The Morgan fingerprint density at radius 2 is 2.06 bits per heavy atom. The number of rotatable bonds is 5. The lowest BCUT2D eigenvalue weighted by molar-refractivity contribution is 0.0724. The number of hydrogen-bond acceptors (Lipinski definition) is 5. The van der Waals surface area contributed by atoms with Gasteiger partial charge in [-0.05, 0) is 25.1 Å². The Morgan fingerprint density at radius 1 is 1.44 bits per heavy atom. The summed E-state index contributed by atoms with van der Waals surface area (Å²) < 4.78 is 5.01. The van der Waals surface area contributed by atoms with Crippen molar-refractivity contribution in [3.63, 3.8) is 0 Å². The third kappa shape index (κ3) is 3.12. The van der Waals surface area contributed by atoms with Gasteiger partial charge in [0.05, 0.1) is 31.4 Å². The average Bonchev–Trinajstić information content (AvgIpc) is 2.39. The van der Waals surface area contributed by atoms with Gasteiger partial charge >= 0.3 is 0 Å². The van der Waals surface area contributed by atoms with Crippen molar-refractivity contribution in [3.8, 4) is 5.75 Å². The Bertz CT molecular complexity index is 430. The summed E-state index contributed by atoms with van der Waals surface area (Å²) in [6.45, 7) is 0.777. The molecule has 0 unspecified atom stereocenters. The van der Waals surface area contributed by atoms with Crippen molar-refractivity contribution in [1.29, 1.82) is 0 Å². The molecule has 0 aliphatic rings. The maximum Gasteiger partial charge on any atom is 0.254 e. The molecule has 0 radical (unpaired) electrons. The molecule has 0 saturated carbocycles. The lowest BCUT2D eigenvalue weighted by atomic mass is 10.0. The van der Waals surface area contributed by atoms with Crippen LogP contribution in [-0.2, 0) is 0 Å². The largest absolute Gasteiger partial charge is 0.497 e. The molecule has 0 spiro atoms. The van der Waals surface area contributed by atoms with Crippen molar-refractivity contribution in [2.75, 3.05) is 26.1 Å². The number of aliphatic hydroxyl groups is 2. The molecule has 6 heteroatoms. The number of nitrogen functional groups attached to an aromatic ring is 1. The highest BCUT2D eigenvalue weighted by Gasteiger charge is 2.26. The fourth-order valence-corrected chi connectivity index (χ4v) is 1.33. The van der Waals surface area contributed by atoms with Crippen LogP contribution in [0.3, 0.4) is 0 Å². The molecule has 0 aromatic heterocycles. The third-order valence-corrected chi connectivity index (χ3v) is 2.62. The molecule has 1 aromatic carbocycles. The average molecular weight is 254 g/mol. The summed E-state index contributed by atoms with van der Waals surface area (Å²) in [4.78, 5) is 12.0. The van der Waals surface area contributed by atoms with Crippen molar-refractivity contribution < 1.29 is 19.7 Å². The smallest absolute Gasteiger partial charge is 0.254 e. The van der Waals surface area contributed by atoms with Gasteiger partial charge in [-0.3, -0.25) is 4.79 Å². The molecule has 6 nitrogen and oxygen atoms in total. The summed E-state index contributed by atoms with van der Waals surface area (Å²) in [5.74, 6) is 0.0288. The second-order valence-electron chi connectivity index (χ2n) is 4.28.